The fraction of sp³-hybridized carbons (Fsp3) is 1.00. The van der Waals surface area contributed by atoms with Crippen molar-refractivity contribution < 1.29 is 9.47 Å². The first-order valence-corrected chi connectivity index (χ1v) is 18.7. The van der Waals surface area contributed by atoms with Crippen molar-refractivity contribution >= 4 is 78.5 Å². The molecule has 0 saturated heterocycles. The molecule has 0 spiro atoms. The molecule has 0 aliphatic heterocycles. The van der Waals surface area contributed by atoms with E-state index in [1.807, 2.05) is 0 Å². The van der Waals surface area contributed by atoms with Gasteiger partial charge < -0.3 is 9.47 Å². The summed E-state index contributed by atoms with van der Waals surface area (Å²) < 4.78 is 10.4. The van der Waals surface area contributed by atoms with Gasteiger partial charge in [0.25, 0.3) is 0 Å². The summed E-state index contributed by atoms with van der Waals surface area (Å²) in [5.74, 6) is 0. The molecule has 0 bridgehead atoms. The highest BCUT2D eigenvalue weighted by atomic mass is 35.8. The van der Waals surface area contributed by atoms with Crippen LogP contribution in [0.3, 0.4) is 0 Å². The predicted molar refractivity (Wildman–Crippen MR) is 115 cm³/mol. The van der Waals surface area contributed by atoms with Gasteiger partial charge in [-0.1, -0.05) is 38.5 Å². The first-order chi connectivity index (χ1) is 11.2. The van der Waals surface area contributed by atoms with Crippen LogP contribution in [-0.4, -0.2) is 38.9 Å². The summed E-state index contributed by atoms with van der Waals surface area (Å²) >= 11 is 36.4. The SMILES string of the molecule is COCCOCCCCCCCCCC(C[Si](Cl)(Cl)Cl)[Si](Cl)(Cl)Cl. The Balaban J connectivity index is 3.59. The molecule has 0 aromatic carbocycles. The Morgan fingerprint density at radius 2 is 1.25 bits per heavy atom. The van der Waals surface area contributed by atoms with Crippen LogP contribution < -0.4 is 0 Å². The molecule has 0 radical (unpaired) electrons. The van der Waals surface area contributed by atoms with Gasteiger partial charge in [0.15, 0.2) is 0 Å². The molecule has 24 heavy (non-hydrogen) atoms. The molecule has 0 aromatic heterocycles. The molecule has 0 aliphatic rings. The molecule has 0 saturated carbocycles. The number of unbranched alkanes of at least 4 members (excludes halogenated alkanes) is 6. The molecule has 0 aliphatic carbocycles. The molecule has 2 nitrogen and oxygen atoms in total. The minimum atomic E-state index is -2.82. The van der Waals surface area contributed by atoms with Gasteiger partial charge in [-0.15, -0.1) is 66.5 Å². The fourth-order valence-corrected chi connectivity index (χ4v) is 11.4. The Morgan fingerprint density at radius 3 is 1.75 bits per heavy atom. The number of ether oxygens (including phenoxy) is 2. The summed E-state index contributed by atoms with van der Waals surface area (Å²) in [7, 11) is 1.68. The second kappa shape index (κ2) is 15.1. The quantitative estimate of drug-likeness (QED) is 0.125. The van der Waals surface area contributed by atoms with Crippen molar-refractivity contribution in [3.8, 4) is 0 Å². The molecule has 0 amide bonds. The van der Waals surface area contributed by atoms with Crippen LogP contribution in [0.15, 0.2) is 0 Å². The minimum absolute atomic E-state index is 0.0501. The van der Waals surface area contributed by atoms with Crippen molar-refractivity contribution in [3.05, 3.63) is 0 Å². The lowest BCUT2D eigenvalue weighted by molar-refractivity contribution is 0.0685. The molecule has 0 fully saturated rings. The smallest absolute Gasteiger partial charge is 0.344 e. The second-order valence-electron chi connectivity index (χ2n) is 5.93. The average Bonchev–Trinajstić information content (AvgIpc) is 2.45. The van der Waals surface area contributed by atoms with Crippen LogP contribution in [0.2, 0.25) is 11.6 Å². The van der Waals surface area contributed by atoms with E-state index in [1.54, 1.807) is 7.11 Å². The molecule has 0 aromatic rings. The van der Waals surface area contributed by atoms with Gasteiger partial charge in [-0.3, -0.25) is 0 Å². The summed E-state index contributed by atoms with van der Waals surface area (Å²) in [6.07, 6.45) is 8.98. The van der Waals surface area contributed by atoms with Crippen LogP contribution in [0, 0.1) is 0 Å². The van der Waals surface area contributed by atoms with E-state index in [9.17, 15) is 0 Å². The highest BCUT2D eigenvalue weighted by molar-refractivity contribution is 7.67. The zero-order chi connectivity index (χ0) is 18.5. The zero-order valence-electron chi connectivity index (χ0n) is 14.1. The predicted octanol–water partition coefficient (Wildman–Crippen LogP) is 7.45. The average molecular weight is 497 g/mol. The van der Waals surface area contributed by atoms with Crippen molar-refractivity contribution in [3.63, 3.8) is 0 Å². The third-order valence-electron chi connectivity index (χ3n) is 3.71. The van der Waals surface area contributed by atoms with Crippen molar-refractivity contribution in [1.82, 2.24) is 0 Å². The van der Waals surface area contributed by atoms with Gasteiger partial charge in [0.05, 0.1) is 13.2 Å². The van der Waals surface area contributed by atoms with Gasteiger partial charge in [-0.25, -0.2) is 0 Å². The van der Waals surface area contributed by atoms with E-state index in [2.05, 4.69) is 0 Å². The number of hydrogen-bond acceptors (Lipinski definition) is 2. The Hall–Kier alpha value is 2.09. The molecule has 0 rings (SSSR count). The van der Waals surface area contributed by atoms with Gasteiger partial charge in [0.2, 0.25) is 0 Å². The molecule has 1 unspecified atom stereocenters. The summed E-state index contributed by atoms with van der Waals surface area (Å²) in [6.45, 7) is 2.17. The molecular weight excluding hydrogens is 469 g/mol. The molecule has 1 atom stereocenters. The van der Waals surface area contributed by atoms with Gasteiger partial charge in [0.1, 0.15) is 0 Å². The third-order valence-corrected chi connectivity index (χ3v) is 10.7. The highest BCUT2D eigenvalue weighted by Gasteiger charge is 2.42. The largest absolute Gasteiger partial charge is 0.382 e. The van der Waals surface area contributed by atoms with Crippen LogP contribution >= 0.6 is 66.5 Å². The lowest BCUT2D eigenvalue weighted by Gasteiger charge is -2.24. The first-order valence-electron chi connectivity index (χ1n) is 8.37. The van der Waals surface area contributed by atoms with Crippen LogP contribution in [0.4, 0.5) is 0 Å². The summed E-state index contributed by atoms with van der Waals surface area (Å²) in [5, 5.41) is 0. The van der Waals surface area contributed by atoms with Crippen molar-refractivity contribution in [2.75, 3.05) is 26.9 Å². The standard InChI is InChI=1S/C14H28Cl6O2Si2/c1-21-11-12-22-10-8-6-4-2-3-5-7-9-14(24(18,19)20)13-23(15,16)17/h14H,2-13H2,1H3. The number of halogens is 6. The van der Waals surface area contributed by atoms with E-state index in [0.29, 0.717) is 19.3 Å². The lowest BCUT2D eigenvalue weighted by Crippen LogP contribution is -2.25. The number of hydrogen-bond donors (Lipinski definition) is 0. The van der Waals surface area contributed by atoms with Crippen molar-refractivity contribution in [2.24, 2.45) is 0 Å². The fourth-order valence-electron chi connectivity index (χ4n) is 2.38. The molecular formula is C14H28Cl6O2Si2. The van der Waals surface area contributed by atoms with E-state index in [1.165, 1.54) is 25.7 Å². The van der Waals surface area contributed by atoms with Crippen molar-refractivity contribution in [2.45, 2.75) is 63.0 Å². The van der Waals surface area contributed by atoms with Crippen LogP contribution in [0.25, 0.3) is 0 Å². The Morgan fingerprint density at radius 1 is 0.708 bits per heavy atom. The zero-order valence-corrected chi connectivity index (χ0v) is 20.7. The second-order valence-corrected chi connectivity index (χ2v) is 24.1. The maximum Gasteiger partial charge on any atom is 0.344 e. The van der Waals surface area contributed by atoms with E-state index in [0.717, 1.165) is 32.3 Å². The number of methoxy groups -OCH3 is 1. The van der Waals surface area contributed by atoms with Gasteiger partial charge in [0, 0.05) is 13.7 Å². The van der Waals surface area contributed by atoms with E-state index in [-0.39, 0.29) is 5.54 Å². The Kier molecular flexibility index (Phi) is 16.4. The Bertz CT molecular complexity index is 300. The van der Waals surface area contributed by atoms with E-state index < -0.39 is 12.0 Å². The topological polar surface area (TPSA) is 18.5 Å². The normalized spacial score (nSPS) is 14.1. The van der Waals surface area contributed by atoms with E-state index >= 15 is 0 Å². The summed E-state index contributed by atoms with van der Waals surface area (Å²) in [5.41, 5.74) is -0.0501. The van der Waals surface area contributed by atoms with Crippen molar-refractivity contribution in [1.29, 1.82) is 0 Å². The summed E-state index contributed by atoms with van der Waals surface area (Å²) in [6, 6.07) is -5.13. The number of rotatable bonds is 16. The molecule has 0 heterocycles. The van der Waals surface area contributed by atoms with Gasteiger partial charge in [-0.05, 0) is 24.4 Å². The molecule has 10 heteroatoms. The first kappa shape index (κ1) is 26.1. The maximum atomic E-state index is 6.14. The monoisotopic (exact) mass is 494 g/mol. The van der Waals surface area contributed by atoms with Crippen LogP contribution in [0.1, 0.15) is 51.4 Å². The lowest BCUT2D eigenvalue weighted by atomic mass is 10.1. The Labute approximate surface area is 177 Å². The van der Waals surface area contributed by atoms with Gasteiger partial charge >= 0.3 is 12.0 Å². The summed E-state index contributed by atoms with van der Waals surface area (Å²) in [4.78, 5) is 0. The van der Waals surface area contributed by atoms with E-state index in [4.69, 9.17) is 75.9 Å². The highest BCUT2D eigenvalue weighted by Crippen LogP contribution is 2.45. The van der Waals surface area contributed by atoms with Crippen LogP contribution in [0.5, 0.6) is 0 Å². The van der Waals surface area contributed by atoms with Crippen LogP contribution in [-0.2, 0) is 9.47 Å². The maximum absolute atomic E-state index is 6.14. The minimum Gasteiger partial charge on any atom is -0.382 e. The third kappa shape index (κ3) is 17.5. The molecule has 0 N–H and O–H groups in total. The molecule has 146 valence electrons. The van der Waals surface area contributed by atoms with Gasteiger partial charge in [-0.2, -0.15) is 0 Å².